The van der Waals surface area contributed by atoms with Crippen LogP contribution in [0.15, 0.2) is 0 Å². The van der Waals surface area contributed by atoms with E-state index in [1.165, 1.54) is 12.8 Å². The predicted octanol–water partition coefficient (Wildman–Crippen LogP) is 4.07. The minimum atomic E-state index is 0.329. The van der Waals surface area contributed by atoms with E-state index < -0.39 is 0 Å². The third-order valence-electron chi connectivity index (χ3n) is 4.17. The molecule has 0 saturated heterocycles. The van der Waals surface area contributed by atoms with E-state index >= 15 is 0 Å². The highest BCUT2D eigenvalue weighted by atomic mass is 14.7. The first-order chi connectivity index (χ1) is 6.75. The van der Waals surface area contributed by atoms with Crippen molar-refractivity contribution in [1.82, 2.24) is 0 Å². The summed E-state index contributed by atoms with van der Waals surface area (Å²) in [7, 11) is 0. The Bertz CT molecular complexity index is 169. The maximum atomic E-state index is 6.43. The zero-order valence-corrected chi connectivity index (χ0v) is 11.8. The van der Waals surface area contributed by atoms with Gasteiger partial charge < -0.3 is 5.73 Å². The summed E-state index contributed by atoms with van der Waals surface area (Å²) in [5.74, 6) is 1.98. The van der Waals surface area contributed by atoms with E-state index in [0.717, 1.165) is 5.92 Å². The lowest BCUT2D eigenvalue weighted by Gasteiger charge is -2.39. The maximum absolute atomic E-state index is 6.43. The van der Waals surface area contributed by atoms with E-state index in [4.69, 9.17) is 5.73 Å². The van der Waals surface area contributed by atoms with Gasteiger partial charge in [-0.25, -0.2) is 0 Å². The second-order valence-corrected chi connectivity index (χ2v) is 6.20. The van der Waals surface area contributed by atoms with Gasteiger partial charge in [0.15, 0.2) is 0 Å². The summed E-state index contributed by atoms with van der Waals surface area (Å²) < 4.78 is 0. The van der Waals surface area contributed by atoms with E-state index in [1.807, 2.05) is 0 Å². The second-order valence-electron chi connectivity index (χ2n) is 6.20. The summed E-state index contributed by atoms with van der Waals surface area (Å²) >= 11 is 0. The van der Waals surface area contributed by atoms with E-state index in [0.29, 0.717) is 23.3 Å². The van der Waals surface area contributed by atoms with Crippen molar-refractivity contribution in [2.75, 3.05) is 0 Å². The molecule has 0 radical (unpaired) electrons. The Kier molecular flexibility index (Phi) is 5.87. The van der Waals surface area contributed by atoms with Gasteiger partial charge >= 0.3 is 0 Å². The van der Waals surface area contributed by atoms with E-state index in [2.05, 4.69) is 48.5 Å². The molecule has 0 aromatic heterocycles. The molecule has 15 heavy (non-hydrogen) atoms. The van der Waals surface area contributed by atoms with Crippen molar-refractivity contribution in [3.63, 3.8) is 0 Å². The van der Waals surface area contributed by atoms with E-state index in [-0.39, 0.29) is 0 Å². The summed E-state index contributed by atoms with van der Waals surface area (Å²) in [4.78, 5) is 0. The van der Waals surface area contributed by atoms with E-state index in [1.54, 1.807) is 0 Å². The molecule has 4 atom stereocenters. The molecule has 4 unspecified atom stereocenters. The highest BCUT2D eigenvalue weighted by Gasteiger charge is 2.32. The van der Waals surface area contributed by atoms with Crippen LogP contribution in [0, 0.1) is 23.2 Å². The Labute approximate surface area is 96.8 Å². The molecule has 0 aliphatic heterocycles. The Balaban J connectivity index is 4.58. The fourth-order valence-corrected chi connectivity index (χ4v) is 2.58. The highest BCUT2D eigenvalue weighted by Crippen LogP contribution is 2.35. The molecule has 1 nitrogen and oxygen atoms in total. The molecule has 1 heteroatoms. The minimum Gasteiger partial charge on any atom is -0.327 e. The Morgan fingerprint density at radius 1 is 1.00 bits per heavy atom. The molecule has 92 valence electrons. The lowest BCUT2D eigenvalue weighted by molar-refractivity contribution is 0.140. The van der Waals surface area contributed by atoms with Crippen LogP contribution in [-0.2, 0) is 0 Å². The van der Waals surface area contributed by atoms with Crippen LogP contribution in [0.2, 0.25) is 0 Å². The zero-order valence-electron chi connectivity index (χ0n) is 11.8. The quantitative estimate of drug-likeness (QED) is 0.732. The van der Waals surface area contributed by atoms with Gasteiger partial charge in [0, 0.05) is 6.04 Å². The van der Waals surface area contributed by atoms with Crippen molar-refractivity contribution in [2.45, 2.75) is 67.3 Å². The Morgan fingerprint density at radius 3 is 1.73 bits per heavy atom. The SMILES string of the molecule is CCC(C)C(C)C(N)C(CC)C(C)(C)C. The monoisotopic (exact) mass is 213 g/mol. The molecule has 0 fully saturated rings. The standard InChI is InChI=1S/C14H31N/c1-8-10(3)11(4)13(15)12(9-2)14(5,6)7/h10-13H,8-9,15H2,1-7H3. The predicted molar refractivity (Wildman–Crippen MR) is 69.8 cm³/mol. The van der Waals surface area contributed by atoms with Crippen LogP contribution >= 0.6 is 0 Å². The molecule has 0 amide bonds. The van der Waals surface area contributed by atoms with Gasteiger partial charge in [0.05, 0.1) is 0 Å². The fraction of sp³-hybridized carbons (Fsp3) is 1.00. The van der Waals surface area contributed by atoms with Gasteiger partial charge in [-0.05, 0) is 23.2 Å². The Hall–Kier alpha value is -0.0400. The van der Waals surface area contributed by atoms with Crippen LogP contribution in [0.4, 0.5) is 0 Å². The van der Waals surface area contributed by atoms with Gasteiger partial charge in [0.1, 0.15) is 0 Å². The van der Waals surface area contributed by atoms with Crippen molar-refractivity contribution in [3.05, 3.63) is 0 Å². The minimum absolute atomic E-state index is 0.329. The molecule has 0 spiro atoms. The highest BCUT2D eigenvalue weighted by molar-refractivity contribution is 4.86. The molecule has 0 heterocycles. The molecule has 0 aliphatic carbocycles. The van der Waals surface area contributed by atoms with Crippen LogP contribution in [0.5, 0.6) is 0 Å². The molecule has 0 aromatic carbocycles. The average molecular weight is 213 g/mol. The third-order valence-corrected chi connectivity index (χ3v) is 4.17. The molecule has 0 rings (SSSR count). The largest absolute Gasteiger partial charge is 0.327 e. The molecule has 0 saturated carbocycles. The fourth-order valence-electron chi connectivity index (χ4n) is 2.58. The van der Waals surface area contributed by atoms with Crippen molar-refractivity contribution in [2.24, 2.45) is 28.9 Å². The molecular weight excluding hydrogens is 182 g/mol. The number of hydrogen-bond donors (Lipinski definition) is 1. The van der Waals surface area contributed by atoms with Gasteiger partial charge in [-0.3, -0.25) is 0 Å². The first-order valence-corrected chi connectivity index (χ1v) is 6.51. The maximum Gasteiger partial charge on any atom is 0.0100 e. The molecular formula is C14H31N. The van der Waals surface area contributed by atoms with Gasteiger partial charge in [-0.2, -0.15) is 0 Å². The van der Waals surface area contributed by atoms with Gasteiger partial charge in [0.2, 0.25) is 0 Å². The number of rotatable bonds is 5. The van der Waals surface area contributed by atoms with Crippen LogP contribution in [0.3, 0.4) is 0 Å². The summed E-state index contributed by atoms with van der Waals surface area (Å²) in [6.07, 6.45) is 2.42. The topological polar surface area (TPSA) is 26.0 Å². The van der Waals surface area contributed by atoms with Crippen molar-refractivity contribution >= 4 is 0 Å². The first kappa shape index (κ1) is 15.0. The summed E-state index contributed by atoms with van der Waals surface area (Å²) in [5, 5.41) is 0. The molecule has 0 aromatic rings. The van der Waals surface area contributed by atoms with Crippen molar-refractivity contribution in [3.8, 4) is 0 Å². The van der Waals surface area contributed by atoms with Crippen molar-refractivity contribution in [1.29, 1.82) is 0 Å². The normalized spacial score (nSPS) is 20.8. The average Bonchev–Trinajstić information content (AvgIpc) is 2.14. The van der Waals surface area contributed by atoms with Gasteiger partial charge in [-0.1, -0.05) is 61.3 Å². The lowest BCUT2D eigenvalue weighted by atomic mass is 9.69. The van der Waals surface area contributed by atoms with Crippen LogP contribution < -0.4 is 5.73 Å². The van der Waals surface area contributed by atoms with E-state index in [9.17, 15) is 0 Å². The summed E-state index contributed by atoms with van der Waals surface area (Å²) in [5.41, 5.74) is 6.76. The van der Waals surface area contributed by atoms with Crippen molar-refractivity contribution < 1.29 is 0 Å². The lowest BCUT2D eigenvalue weighted by Crippen LogP contribution is -2.44. The molecule has 2 N–H and O–H groups in total. The number of hydrogen-bond acceptors (Lipinski definition) is 1. The summed E-state index contributed by atoms with van der Waals surface area (Å²) in [6.45, 7) is 16.1. The molecule has 0 aliphatic rings. The number of nitrogens with two attached hydrogens (primary N) is 1. The zero-order chi connectivity index (χ0) is 12.2. The van der Waals surface area contributed by atoms with Crippen LogP contribution in [0.25, 0.3) is 0 Å². The van der Waals surface area contributed by atoms with Crippen LogP contribution in [0.1, 0.15) is 61.3 Å². The summed E-state index contributed by atoms with van der Waals surface area (Å²) in [6, 6.07) is 0.338. The Morgan fingerprint density at radius 2 is 1.47 bits per heavy atom. The molecule has 0 bridgehead atoms. The van der Waals surface area contributed by atoms with Crippen LogP contribution in [-0.4, -0.2) is 6.04 Å². The smallest absolute Gasteiger partial charge is 0.0100 e. The first-order valence-electron chi connectivity index (χ1n) is 6.51. The van der Waals surface area contributed by atoms with Gasteiger partial charge in [0.25, 0.3) is 0 Å². The third kappa shape index (κ3) is 4.14. The second kappa shape index (κ2) is 5.89. The van der Waals surface area contributed by atoms with Gasteiger partial charge in [-0.15, -0.1) is 0 Å².